The smallest absolute Gasteiger partial charge is 0.348 e. The molecule has 0 unspecified atom stereocenters. The van der Waals surface area contributed by atoms with Crippen LogP contribution in [0.1, 0.15) is 20.9 Å². The number of carboxylic acid groups (broad SMARTS) is 1. The van der Waals surface area contributed by atoms with Crippen molar-refractivity contribution in [3.8, 4) is 0 Å². The van der Waals surface area contributed by atoms with E-state index in [2.05, 4.69) is 4.98 Å². The number of benzene rings is 1. The van der Waals surface area contributed by atoms with Gasteiger partial charge in [-0.15, -0.1) is 0 Å². The zero-order valence-electron chi connectivity index (χ0n) is 10.2. The van der Waals surface area contributed by atoms with Crippen molar-refractivity contribution >= 4 is 34.4 Å². The molecule has 0 amide bonds. The van der Waals surface area contributed by atoms with Gasteiger partial charge in [0.2, 0.25) is 0 Å². The number of aromatic nitrogens is 2. The Kier molecular flexibility index (Phi) is 3.08. The lowest BCUT2D eigenvalue weighted by Crippen LogP contribution is -1.96. The fourth-order valence-electron chi connectivity index (χ4n) is 1.86. The molecule has 3 aromatic rings. The molecule has 100 valence electrons. The van der Waals surface area contributed by atoms with E-state index in [9.17, 15) is 14.3 Å². The predicted octanol–water partition coefficient (Wildman–Crippen LogP) is 3.40. The molecule has 0 aliphatic heterocycles. The summed E-state index contributed by atoms with van der Waals surface area (Å²) in [7, 11) is 0. The van der Waals surface area contributed by atoms with Crippen LogP contribution in [0.15, 0.2) is 36.7 Å². The van der Waals surface area contributed by atoms with E-state index < -0.39 is 5.97 Å². The third-order valence-electron chi connectivity index (χ3n) is 2.79. The van der Waals surface area contributed by atoms with Gasteiger partial charge < -0.3 is 5.11 Å². The molecule has 0 fully saturated rings. The van der Waals surface area contributed by atoms with Crippen molar-refractivity contribution in [3.05, 3.63) is 58.6 Å². The number of hydrogen-bond donors (Lipinski definition) is 1. The fourth-order valence-corrected chi connectivity index (χ4v) is 2.77. The van der Waals surface area contributed by atoms with Gasteiger partial charge in [0.15, 0.2) is 4.96 Å². The molecule has 0 aliphatic rings. The first kappa shape index (κ1) is 12.6. The second-order valence-corrected chi connectivity index (χ2v) is 5.06. The number of fused-ring (bicyclic) bond motifs is 1. The maximum Gasteiger partial charge on any atom is 0.348 e. The number of imidazole rings is 1. The van der Waals surface area contributed by atoms with Crippen LogP contribution in [0.2, 0.25) is 0 Å². The molecule has 1 aromatic carbocycles. The van der Waals surface area contributed by atoms with Crippen molar-refractivity contribution in [2.45, 2.75) is 0 Å². The second-order valence-electron chi connectivity index (χ2n) is 4.09. The number of hydrogen-bond acceptors (Lipinski definition) is 3. The summed E-state index contributed by atoms with van der Waals surface area (Å²) in [6, 6.07) is 5.98. The zero-order valence-corrected chi connectivity index (χ0v) is 11.0. The average molecular weight is 288 g/mol. The van der Waals surface area contributed by atoms with E-state index >= 15 is 0 Å². The van der Waals surface area contributed by atoms with Crippen LogP contribution >= 0.6 is 11.3 Å². The van der Waals surface area contributed by atoms with Crippen LogP contribution in [-0.4, -0.2) is 20.5 Å². The minimum Gasteiger partial charge on any atom is -0.477 e. The van der Waals surface area contributed by atoms with E-state index in [0.717, 1.165) is 16.9 Å². The molecular formula is C14H9FN2O2S. The highest BCUT2D eigenvalue weighted by molar-refractivity contribution is 7.19. The molecule has 4 nitrogen and oxygen atoms in total. The Hall–Kier alpha value is -2.47. The molecule has 0 aliphatic carbocycles. The molecule has 1 N–H and O–H groups in total. The highest BCUT2D eigenvalue weighted by atomic mass is 32.1. The Labute approximate surface area is 117 Å². The van der Waals surface area contributed by atoms with Crippen molar-refractivity contribution in [3.63, 3.8) is 0 Å². The maximum atomic E-state index is 12.8. The van der Waals surface area contributed by atoms with E-state index in [1.54, 1.807) is 41.1 Å². The van der Waals surface area contributed by atoms with Crippen molar-refractivity contribution in [1.29, 1.82) is 0 Å². The summed E-state index contributed by atoms with van der Waals surface area (Å²) in [6.45, 7) is 0. The van der Waals surface area contributed by atoms with E-state index in [0.29, 0.717) is 10.7 Å². The highest BCUT2D eigenvalue weighted by Gasteiger charge is 2.16. The maximum absolute atomic E-state index is 12.8. The van der Waals surface area contributed by atoms with Crippen LogP contribution in [-0.2, 0) is 0 Å². The molecule has 0 bridgehead atoms. The Morgan fingerprint density at radius 3 is 2.75 bits per heavy atom. The van der Waals surface area contributed by atoms with E-state index in [4.69, 9.17) is 0 Å². The van der Waals surface area contributed by atoms with E-state index in [-0.39, 0.29) is 10.7 Å². The van der Waals surface area contributed by atoms with Gasteiger partial charge >= 0.3 is 5.97 Å². The van der Waals surface area contributed by atoms with Gasteiger partial charge in [-0.1, -0.05) is 29.5 Å². The zero-order chi connectivity index (χ0) is 14.1. The van der Waals surface area contributed by atoms with E-state index in [1.165, 1.54) is 12.1 Å². The molecule has 0 saturated carbocycles. The Morgan fingerprint density at radius 2 is 2.05 bits per heavy atom. The number of halogens is 1. The molecule has 2 heterocycles. The number of aromatic carboxylic acids is 1. The van der Waals surface area contributed by atoms with Gasteiger partial charge in [0.25, 0.3) is 0 Å². The Morgan fingerprint density at radius 1 is 1.30 bits per heavy atom. The summed E-state index contributed by atoms with van der Waals surface area (Å²) in [6.07, 6.45) is 6.77. The fraction of sp³-hybridized carbons (Fsp3) is 0. The molecular weight excluding hydrogens is 279 g/mol. The van der Waals surface area contributed by atoms with Crippen LogP contribution in [0.5, 0.6) is 0 Å². The van der Waals surface area contributed by atoms with Crippen molar-refractivity contribution < 1.29 is 14.3 Å². The van der Waals surface area contributed by atoms with E-state index in [1.807, 2.05) is 0 Å². The predicted molar refractivity (Wildman–Crippen MR) is 75.4 cm³/mol. The summed E-state index contributed by atoms with van der Waals surface area (Å²) >= 11 is 1.12. The second kappa shape index (κ2) is 4.90. The van der Waals surface area contributed by atoms with Crippen LogP contribution in [0, 0.1) is 5.82 Å². The number of nitrogens with zero attached hydrogens (tertiary/aromatic N) is 2. The molecule has 0 atom stereocenters. The molecule has 0 saturated heterocycles. The molecule has 3 rings (SSSR count). The number of carbonyl (C=O) groups is 1. The summed E-state index contributed by atoms with van der Waals surface area (Å²) in [5.74, 6) is -1.29. The molecule has 0 radical (unpaired) electrons. The average Bonchev–Trinajstić information content (AvgIpc) is 2.99. The molecule has 20 heavy (non-hydrogen) atoms. The minimum atomic E-state index is -0.987. The lowest BCUT2D eigenvalue weighted by molar-refractivity contribution is 0.0701. The number of thiazole rings is 1. The molecule has 6 heteroatoms. The van der Waals surface area contributed by atoms with Crippen LogP contribution in [0.4, 0.5) is 4.39 Å². The Bertz CT molecular complexity index is 802. The van der Waals surface area contributed by atoms with Gasteiger partial charge in [-0.2, -0.15) is 0 Å². The van der Waals surface area contributed by atoms with Crippen molar-refractivity contribution in [1.82, 2.24) is 9.38 Å². The van der Waals surface area contributed by atoms with Gasteiger partial charge in [0.1, 0.15) is 10.7 Å². The highest BCUT2D eigenvalue weighted by Crippen LogP contribution is 2.24. The standard InChI is InChI=1S/C14H9FN2O2S/c15-10-4-1-9(2-5-10)3-6-11-12(13(18)19)20-14-16-7-8-17(11)14/h1-8H,(H,18,19)/b6-3+. The number of carboxylic acids is 1. The minimum absolute atomic E-state index is 0.228. The third-order valence-corrected chi connectivity index (χ3v) is 3.86. The van der Waals surface area contributed by atoms with Crippen molar-refractivity contribution in [2.24, 2.45) is 0 Å². The topological polar surface area (TPSA) is 54.6 Å². The van der Waals surface area contributed by atoms with Gasteiger partial charge in [-0.25, -0.2) is 14.2 Å². The van der Waals surface area contributed by atoms with Gasteiger partial charge in [-0.05, 0) is 23.8 Å². The SMILES string of the molecule is O=C(O)c1sc2nccn2c1/C=C/c1ccc(F)cc1. The summed E-state index contributed by atoms with van der Waals surface area (Å²) in [5, 5.41) is 9.20. The third kappa shape index (κ3) is 2.21. The van der Waals surface area contributed by atoms with Crippen molar-refractivity contribution in [2.75, 3.05) is 0 Å². The quantitative estimate of drug-likeness (QED) is 0.803. The largest absolute Gasteiger partial charge is 0.477 e. The molecule has 0 spiro atoms. The summed E-state index contributed by atoms with van der Waals surface area (Å²) in [5.41, 5.74) is 1.35. The van der Waals surface area contributed by atoms with Gasteiger partial charge in [0.05, 0.1) is 5.69 Å². The Balaban J connectivity index is 2.04. The van der Waals surface area contributed by atoms with Gasteiger partial charge in [-0.3, -0.25) is 4.40 Å². The van der Waals surface area contributed by atoms with Crippen LogP contribution in [0.25, 0.3) is 17.1 Å². The van der Waals surface area contributed by atoms with Crippen LogP contribution < -0.4 is 0 Å². The summed E-state index contributed by atoms with van der Waals surface area (Å²) in [4.78, 5) is 16.2. The monoisotopic (exact) mass is 288 g/mol. The molecule has 2 aromatic heterocycles. The van der Waals surface area contributed by atoms with Crippen LogP contribution in [0.3, 0.4) is 0 Å². The summed E-state index contributed by atoms with van der Waals surface area (Å²) < 4.78 is 14.5. The first-order valence-corrected chi connectivity index (χ1v) is 6.59. The van der Waals surface area contributed by atoms with Gasteiger partial charge in [0, 0.05) is 12.4 Å². The first-order chi connectivity index (χ1) is 9.65. The lowest BCUT2D eigenvalue weighted by atomic mass is 10.2. The normalized spacial score (nSPS) is 11.4. The number of rotatable bonds is 3. The first-order valence-electron chi connectivity index (χ1n) is 5.78. The lowest BCUT2D eigenvalue weighted by Gasteiger charge is -1.96.